The molecule has 122 valence electrons. The van der Waals surface area contributed by atoms with Gasteiger partial charge in [-0.25, -0.2) is 0 Å². The highest BCUT2D eigenvalue weighted by Gasteiger charge is 2.25. The molecule has 0 aromatic carbocycles. The molecule has 4 nitrogen and oxygen atoms in total. The van der Waals surface area contributed by atoms with Gasteiger partial charge in [-0.1, -0.05) is 20.8 Å². The van der Waals surface area contributed by atoms with Crippen molar-refractivity contribution in [3.63, 3.8) is 0 Å². The van der Waals surface area contributed by atoms with Crippen LogP contribution in [0.3, 0.4) is 0 Å². The molecule has 0 aliphatic carbocycles. The van der Waals surface area contributed by atoms with E-state index in [0.717, 1.165) is 32.1 Å². The number of amides is 1. The van der Waals surface area contributed by atoms with Gasteiger partial charge in [0.05, 0.1) is 0 Å². The van der Waals surface area contributed by atoms with Gasteiger partial charge in [0, 0.05) is 39.1 Å². The van der Waals surface area contributed by atoms with Crippen LogP contribution >= 0.6 is 0 Å². The van der Waals surface area contributed by atoms with Crippen molar-refractivity contribution < 1.29 is 4.79 Å². The first-order chi connectivity index (χ1) is 10.1. The quantitative estimate of drug-likeness (QED) is 0.775. The summed E-state index contributed by atoms with van der Waals surface area (Å²) in [4.78, 5) is 19.3. The van der Waals surface area contributed by atoms with Gasteiger partial charge in [0.2, 0.25) is 5.91 Å². The fourth-order valence-corrected chi connectivity index (χ4v) is 3.51. The highest BCUT2D eigenvalue weighted by atomic mass is 16.2. The number of nitrogens with zero attached hydrogens (tertiary/aromatic N) is 3. The van der Waals surface area contributed by atoms with Crippen LogP contribution in [-0.2, 0) is 4.79 Å². The van der Waals surface area contributed by atoms with E-state index < -0.39 is 0 Å². The van der Waals surface area contributed by atoms with Gasteiger partial charge in [0.1, 0.15) is 0 Å². The molecule has 21 heavy (non-hydrogen) atoms. The number of piperidine rings is 1. The Balaban J connectivity index is 1.66. The molecule has 0 atom stereocenters. The Hall–Kier alpha value is -0.610. The van der Waals surface area contributed by atoms with Crippen LogP contribution in [-0.4, -0.2) is 73.0 Å². The van der Waals surface area contributed by atoms with Crippen LogP contribution in [0.25, 0.3) is 0 Å². The summed E-state index contributed by atoms with van der Waals surface area (Å²) in [7, 11) is 0. The Kier molecular flexibility index (Phi) is 6.49. The second-order valence-electron chi connectivity index (χ2n) is 7.16. The fourth-order valence-electron chi connectivity index (χ4n) is 3.51. The number of hydrogen-bond acceptors (Lipinski definition) is 3. The minimum Gasteiger partial charge on any atom is -0.340 e. The summed E-state index contributed by atoms with van der Waals surface area (Å²) in [5.41, 5.74) is 0. The predicted molar refractivity (Wildman–Crippen MR) is 87.3 cm³/mol. The SMILES string of the molecule is CCN1CCC(CN2CCN(C(=O)CC(C)C)CC2)CC1. The maximum atomic E-state index is 12.1. The molecule has 2 aliphatic heterocycles. The van der Waals surface area contributed by atoms with Crippen molar-refractivity contribution in [2.24, 2.45) is 11.8 Å². The first-order valence-corrected chi connectivity index (χ1v) is 8.81. The average molecular weight is 295 g/mol. The topological polar surface area (TPSA) is 26.8 Å². The van der Waals surface area contributed by atoms with E-state index in [-0.39, 0.29) is 0 Å². The van der Waals surface area contributed by atoms with Crippen molar-refractivity contribution in [2.45, 2.75) is 40.0 Å². The van der Waals surface area contributed by atoms with Gasteiger partial charge in [0.25, 0.3) is 0 Å². The van der Waals surface area contributed by atoms with Crippen molar-refractivity contribution >= 4 is 5.91 Å². The summed E-state index contributed by atoms with van der Waals surface area (Å²) in [6, 6.07) is 0. The number of piperazine rings is 1. The molecule has 0 aromatic rings. The molecular weight excluding hydrogens is 262 g/mol. The van der Waals surface area contributed by atoms with E-state index in [0.29, 0.717) is 18.2 Å². The summed E-state index contributed by atoms with van der Waals surface area (Å²) < 4.78 is 0. The number of hydrogen-bond donors (Lipinski definition) is 0. The summed E-state index contributed by atoms with van der Waals surface area (Å²) in [5, 5.41) is 0. The maximum absolute atomic E-state index is 12.1. The lowest BCUT2D eigenvalue weighted by molar-refractivity contribution is -0.133. The summed E-state index contributed by atoms with van der Waals surface area (Å²) in [6.45, 7) is 15.5. The van der Waals surface area contributed by atoms with Crippen molar-refractivity contribution in [3.05, 3.63) is 0 Å². The summed E-state index contributed by atoms with van der Waals surface area (Å²) in [6.07, 6.45) is 3.40. The highest BCUT2D eigenvalue weighted by molar-refractivity contribution is 5.76. The smallest absolute Gasteiger partial charge is 0.222 e. The maximum Gasteiger partial charge on any atom is 0.222 e. The molecule has 0 bridgehead atoms. The third kappa shape index (κ3) is 5.26. The zero-order chi connectivity index (χ0) is 15.2. The molecule has 2 aliphatic rings. The molecule has 0 N–H and O–H groups in total. The lowest BCUT2D eigenvalue weighted by Crippen LogP contribution is -2.50. The van der Waals surface area contributed by atoms with Crippen LogP contribution in [0.2, 0.25) is 0 Å². The van der Waals surface area contributed by atoms with Gasteiger partial charge in [-0.2, -0.15) is 0 Å². The molecule has 0 saturated carbocycles. The van der Waals surface area contributed by atoms with Gasteiger partial charge in [-0.05, 0) is 44.3 Å². The Morgan fingerprint density at radius 2 is 1.62 bits per heavy atom. The molecule has 0 radical (unpaired) electrons. The molecule has 2 saturated heterocycles. The Bertz CT molecular complexity index is 316. The van der Waals surface area contributed by atoms with E-state index in [1.54, 1.807) is 0 Å². The standard InChI is InChI=1S/C17H33N3O/c1-4-18-7-5-16(6-8-18)14-19-9-11-20(12-10-19)17(21)13-15(2)3/h15-16H,4-14H2,1-3H3. The van der Waals surface area contributed by atoms with Gasteiger partial charge < -0.3 is 9.80 Å². The molecular formula is C17H33N3O. The number of likely N-dealkylation sites (tertiary alicyclic amines) is 1. The van der Waals surface area contributed by atoms with Gasteiger partial charge >= 0.3 is 0 Å². The average Bonchev–Trinajstić information content (AvgIpc) is 2.48. The van der Waals surface area contributed by atoms with E-state index >= 15 is 0 Å². The van der Waals surface area contributed by atoms with E-state index in [1.165, 1.54) is 39.0 Å². The second-order valence-corrected chi connectivity index (χ2v) is 7.16. The number of carbonyl (C=O) groups is 1. The third-order valence-electron chi connectivity index (χ3n) is 4.98. The summed E-state index contributed by atoms with van der Waals surface area (Å²) >= 11 is 0. The molecule has 2 rings (SSSR count). The Morgan fingerprint density at radius 1 is 1.00 bits per heavy atom. The molecule has 4 heteroatoms. The lowest BCUT2D eigenvalue weighted by Gasteiger charge is -2.39. The van der Waals surface area contributed by atoms with Crippen LogP contribution in [0.1, 0.15) is 40.0 Å². The highest BCUT2D eigenvalue weighted by Crippen LogP contribution is 2.19. The van der Waals surface area contributed by atoms with Crippen LogP contribution in [0.4, 0.5) is 0 Å². The molecule has 0 aromatic heterocycles. The normalized spacial score (nSPS) is 23.0. The van der Waals surface area contributed by atoms with Crippen LogP contribution in [0, 0.1) is 11.8 Å². The van der Waals surface area contributed by atoms with Crippen LogP contribution in [0.15, 0.2) is 0 Å². The third-order valence-corrected chi connectivity index (χ3v) is 4.98. The van der Waals surface area contributed by atoms with Crippen molar-refractivity contribution in [3.8, 4) is 0 Å². The minimum atomic E-state index is 0.348. The molecule has 1 amide bonds. The van der Waals surface area contributed by atoms with Gasteiger partial charge in [-0.3, -0.25) is 9.69 Å². The van der Waals surface area contributed by atoms with Crippen molar-refractivity contribution in [1.82, 2.24) is 14.7 Å². The largest absolute Gasteiger partial charge is 0.340 e. The summed E-state index contributed by atoms with van der Waals surface area (Å²) in [5.74, 6) is 1.69. The van der Waals surface area contributed by atoms with E-state index in [1.807, 2.05) is 0 Å². The van der Waals surface area contributed by atoms with Gasteiger partial charge in [0.15, 0.2) is 0 Å². The Morgan fingerprint density at radius 3 is 2.14 bits per heavy atom. The zero-order valence-corrected chi connectivity index (χ0v) is 14.2. The van der Waals surface area contributed by atoms with Crippen molar-refractivity contribution in [1.29, 1.82) is 0 Å². The lowest BCUT2D eigenvalue weighted by atomic mass is 9.96. The van der Waals surface area contributed by atoms with Crippen LogP contribution in [0.5, 0.6) is 0 Å². The van der Waals surface area contributed by atoms with Crippen LogP contribution < -0.4 is 0 Å². The van der Waals surface area contributed by atoms with E-state index in [4.69, 9.17) is 0 Å². The zero-order valence-electron chi connectivity index (χ0n) is 14.2. The Labute approximate surface area is 130 Å². The molecule has 2 heterocycles. The van der Waals surface area contributed by atoms with E-state index in [2.05, 4.69) is 35.5 Å². The number of rotatable bonds is 5. The fraction of sp³-hybridized carbons (Fsp3) is 0.941. The first-order valence-electron chi connectivity index (χ1n) is 8.81. The number of carbonyl (C=O) groups excluding carboxylic acids is 1. The molecule has 2 fully saturated rings. The van der Waals surface area contributed by atoms with Gasteiger partial charge in [-0.15, -0.1) is 0 Å². The van der Waals surface area contributed by atoms with E-state index in [9.17, 15) is 4.79 Å². The predicted octanol–water partition coefficient (Wildman–Crippen LogP) is 1.91. The van der Waals surface area contributed by atoms with Crippen molar-refractivity contribution in [2.75, 3.05) is 52.4 Å². The first kappa shape index (κ1) is 16.8. The molecule has 0 unspecified atom stereocenters. The second kappa shape index (κ2) is 8.14. The molecule has 0 spiro atoms. The minimum absolute atomic E-state index is 0.348. The monoisotopic (exact) mass is 295 g/mol.